The summed E-state index contributed by atoms with van der Waals surface area (Å²) in [6, 6.07) is 21.1. The van der Waals surface area contributed by atoms with Crippen LogP contribution in [0.4, 0.5) is 5.69 Å². The van der Waals surface area contributed by atoms with Gasteiger partial charge in [-0.05, 0) is 47.7 Å². The van der Waals surface area contributed by atoms with Crippen molar-refractivity contribution in [2.24, 2.45) is 0 Å². The zero-order chi connectivity index (χ0) is 23.8. The number of anilines is 1. The number of nitrogens with zero attached hydrogens (tertiary/aromatic N) is 1. The molecule has 0 bridgehead atoms. The zero-order valence-corrected chi connectivity index (χ0v) is 18.9. The van der Waals surface area contributed by atoms with Crippen LogP contribution in [0.25, 0.3) is 11.1 Å². The molecule has 1 saturated heterocycles. The van der Waals surface area contributed by atoms with Gasteiger partial charge < -0.3 is 20.5 Å². The number of nitrogens with one attached hydrogen (secondary N) is 2. The summed E-state index contributed by atoms with van der Waals surface area (Å²) in [5.74, 6) is -0.289. The summed E-state index contributed by atoms with van der Waals surface area (Å²) >= 11 is 0. The number of aliphatic hydroxyl groups is 1. The van der Waals surface area contributed by atoms with Gasteiger partial charge in [0.05, 0.1) is 31.6 Å². The smallest absolute Gasteiger partial charge is 0.226 e. The van der Waals surface area contributed by atoms with Crippen LogP contribution in [0.1, 0.15) is 24.8 Å². The van der Waals surface area contributed by atoms with Crippen LogP contribution in [0.15, 0.2) is 79.1 Å². The first-order chi connectivity index (χ1) is 16.6. The Bertz CT molecular complexity index is 1070. The monoisotopic (exact) mass is 459 g/mol. The number of carbonyl (C=O) groups is 2. The highest BCUT2D eigenvalue weighted by atomic mass is 16.5. The van der Waals surface area contributed by atoms with E-state index < -0.39 is 6.10 Å². The highest BCUT2D eigenvalue weighted by molar-refractivity contribution is 5.91. The van der Waals surface area contributed by atoms with E-state index in [1.54, 1.807) is 18.5 Å². The number of aromatic nitrogens is 1. The van der Waals surface area contributed by atoms with Gasteiger partial charge in [0.15, 0.2) is 0 Å². The van der Waals surface area contributed by atoms with E-state index in [0.717, 1.165) is 22.4 Å². The minimum absolute atomic E-state index is 0.143. The Morgan fingerprint density at radius 2 is 1.71 bits per heavy atom. The van der Waals surface area contributed by atoms with E-state index in [1.165, 1.54) is 0 Å². The first-order valence-corrected chi connectivity index (χ1v) is 11.5. The molecule has 2 aromatic carbocycles. The topological polar surface area (TPSA) is 101 Å². The Kier molecular flexibility index (Phi) is 8.01. The standard InChI is InChI=1S/C27H29N3O4/c31-18-25-24(30-26(32)15-19-5-4-14-28-17-19)13-12-23(34-25)16-27(33)29-22-10-8-21(9-11-22)20-6-2-1-3-7-20/h1-11,14,17,23-25,31H,12-13,15-16,18H2,(H,29,33)(H,30,32)/t23-,24-,25-/m1/s1. The number of hydrogen-bond donors (Lipinski definition) is 3. The molecular formula is C27H29N3O4. The summed E-state index contributed by atoms with van der Waals surface area (Å²) in [5.41, 5.74) is 3.74. The molecule has 0 saturated carbocycles. The van der Waals surface area contributed by atoms with Crippen molar-refractivity contribution in [3.8, 4) is 11.1 Å². The molecule has 2 amide bonds. The Balaban J connectivity index is 1.25. The average Bonchev–Trinajstić information content (AvgIpc) is 2.86. The first-order valence-electron chi connectivity index (χ1n) is 11.5. The molecule has 1 fully saturated rings. The summed E-state index contributed by atoms with van der Waals surface area (Å²) in [4.78, 5) is 29.0. The molecule has 7 heteroatoms. The van der Waals surface area contributed by atoms with Crippen molar-refractivity contribution >= 4 is 17.5 Å². The van der Waals surface area contributed by atoms with Gasteiger partial charge in [0.25, 0.3) is 0 Å². The second kappa shape index (κ2) is 11.5. The van der Waals surface area contributed by atoms with Gasteiger partial charge in [-0.3, -0.25) is 14.6 Å². The summed E-state index contributed by atoms with van der Waals surface area (Å²) < 4.78 is 5.95. The lowest BCUT2D eigenvalue weighted by atomic mass is 9.96. The van der Waals surface area contributed by atoms with Gasteiger partial charge in [-0.2, -0.15) is 0 Å². The van der Waals surface area contributed by atoms with Crippen LogP contribution in [0.2, 0.25) is 0 Å². The van der Waals surface area contributed by atoms with Crippen molar-refractivity contribution in [2.45, 2.75) is 43.9 Å². The van der Waals surface area contributed by atoms with E-state index in [0.29, 0.717) is 12.8 Å². The van der Waals surface area contributed by atoms with Gasteiger partial charge in [0.1, 0.15) is 6.10 Å². The summed E-state index contributed by atoms with van der Waals surface area (Å²) in [6.07, 6.45) is 4.12. The number of pyridine rings is 1. The first kappa shape index (κ1) is 23.6. The molecule has 3 N–H and O–H groups in total. The molecule has 34 heavy (non-hydrogen) atoms. The molecule has 2 heterocycles. The van der Waals surface area contributed by atoms with Crippen molar-refractivity contribution < 1.29 is 19.4 Å². The molecule has 1 aromatic heterocycles. The second-order valence-corrected chi connectivity index (χ2v) is 8.46. The van der Waals surface area contributed by atoms with Crippen LogP contribution in [0, 0.1) is 0 Å². The van der Waals surface area contributed by atoms with Crippen LogP contribution in [0.3, 0.4) is 0 Å². The van der Waals surface area contributed by atoms with Crippen molar-refractivity contribution in [1.29, 1.82) is 0 Å². The maximum Gasteiger partial charge on any atom is 0.226 e. The lowest BCUT2D eigenvalue weighted by Gasteiger charge is -2.36. The summed E-state index contributed by atoms with van der Waals surface area (Å²) in [6.45, 7) is -0.225. The lowest BCUT2D eigenvalue weighted by molar-refractivity contribution is -0.133. The van der Waals surface area contributed by atoms with Gasteiger partial charge in [0, 0.05) is 18.1 Å². The fourth-order valence-electron chi connectivity index (χ4n) is 4.19. The molecular weight excluding hydrogens is 430 g/mol. The number of hydrogen-bond acceptors (Lipinski definition) is 5. The zero-order valence-electron chi connectivity index (χ0n) is 18.9. The fraction of sp³-hybridized carbons (Fsp3) is 0.296. The minimum Gasteiger partial charge on any atom is -0.394 e. The van der Waals surface area contributed by atoms with E-state index >= 15 is 0 Å². The van der Waals surface area contributed by atoms with Gasteiger partial charge in [-0.25, -0.2) is 0 Å². The number of rotatable bonds is 8. The highest BCUT2D eigenvalue weighted by Crippen LogP contribution is 2.24. The lowest BCUT2D eigenvalue weighted by Crippen LogP contribution is -2.51. The third-order valence-electron chi connectivity index (χ3n) is 5.92. The Hall–Kier alpha value is -3.55. The van der Waals surface area contributed by atoms with Crippen LogP contribution in [0.5, 0.6) is 0 Å². The van der Waals surface area contributed by atoms with E-state index in [-0.39, 0.29) is 43.4 Å². The normalized spacial score (nSPS) is 19.9. The molecule has 4 rings (SSSR count). The van der Waals surface area contributed by atoms with Crippen molar-refractivity contribution in [1.82, 2.24) is 10.3 Å². The minimum atomic E-state index is -0.547. The molecule has 0 radical (unpaired) electrons. The van der Waals surface area contributed by atoms with E-state index in [2.05, 4.69) is 15.6 Å². The molecule has 1 aliphatic rings. The molecule has 0 spiro atoms. The SMILES string of the molecule is O=C(C[C@H]1CC[C@@H](NC(=O)Cc2cccnc2)[C@@H](CO)O1)Nc1ccc(-c2ccccc2)cc1. The number of carbonyl (C=O) groups excluding carboxylic acids is 2. The number of ether oxygens (including phenoxy) is 1. The van der Waals surface area contributed by atoms with E-state index in [4.69, 9.17) is 4.74 Å². The predicted molar refractivity (Wildman–Crippen MR) is 130 cm³/mol. The van der Waals surface area contributed by atoms with E-state index in [9.17, 15) is 14.7 Å². The molecule has 7 nitrogen and oxygen atoms in total. The number of amides is 2. The predicted octanol–water partition coefficient (Wildman–Crippen LogP) is 3.34. The highest BCUT2D eigenvalue weighted by Gasteiger charge is 2.32. The van der Waals surface area contributed by atoms with Crippen LogP contribution < -0.4 is 10.6 Å². The van der Waals surface area contributed by atoms with Gasteiger partial charge >= 0.3 is 0 Å². The molecule has 1 aliphatic heterocycles. The van der Waals surface area contributed by atoms with Crippen LogP contribution in [-0.2, 0) is 20.7 Å². The van der Waals surface area contributed by atoms with E-state index in [1.807, 2.05) is 60.7 Å². The average molecular weight is 460 g/mol. The van der Waals surface area contributed by atoms with Crippen molar-refractivity contribution in [2.75, 3.05) is 11.9 Å². The third kappa shape index (κ3) is 6.50. The van der Waals surface area contributed by atoms with Gasteiger partial charge in [-0.1, -0.05) is 48.5 Å². The molecule has 3 atom stereocenters. The maximum atomic E-state index is 12.6. The van der Waals surface area contributed by atoms with Crippen molar-refractivity contribution in [3.05, 3.63) is 84.7 Å². The molecule has 176 valence electrons. The summed E-state index contributed by atoms with van der Waals surface area (Å²) in [7, 11) is 0. The Labute approximate surface area is 199 Å². The molecule has 0 aliphatic carbocycles. The number of benzene rings is 2. The van der Waals surface area contributed by atoms with Crippen molar-refractivity contribution in [3.63, 3.8) is 0 Å². The van der Waals surface area contributed by atoms with Gasteiger partial charge in [0.2, 0.25) is 11.8 Å². The Morgan fingerprint density at radius 3 is 2.41 bits per heavy atom. The number of aliphatic hydroxyl groups excluding tert-OH is 1. The van der Waals surface area contributed by atoms with Crippen LogP contribution in [-0.4, -0.2) is 46.8 Å². The molecule has 3 aromatic rings. The second-order valence-electron chi connectivity index (χ2n) is 8.46. The quantitative estimate of drug-likeness (QED) is 0.480. The fourth-order valence-corrected chi connectivity index (χ4v) is 4.19. The third-order valence-corrected chi connectivity index (χ3v) is 5.92. The largest absolute Gasteiger partial charge is 0.394 e. The Morgan fingerprint density at radius 1 is 0.941 bits per heavy atom. The summed E-state index contributed by atoms with van der Waals surface area (Å²) in [5, 5.41) is 15.6. The van der Waals surface area contributed by atoms with Crippen LogP contribution >= 0.6 is 0 Å². The molecule has 0 unspecified atom stereocenters. The maximum absolute atomic E-state index is 12.6. The van der Waals surface area contributed by atoms with Gasteiger partial charge in [-0.15, -0.1) is 0 Å².